The van der Waals surface area contributed by atoms with Crippen LogP contribution in [0.5, 0.6) is 5.75 Å². The monoisotopic (exact) mass is 511 g/mol. The molecule has 9 nitrogen and oxygen atoms in total. The molecule has 2 aromatic carbocycles. The highest BCUT2D eigenvalue weighted by Gasteiger charge is 2.44. The van der Waals surface area contributed by atoms with E-state index in [9.17, 15) is 8.42 Å². The molecule has 36 heavy (non-hydrogen) atoms. The van der Waals surface area contributed by atoms with Crippen LogP contribution >= 0.6 is 0 Å². The third kappa shape index (κ3) is 5.49. The van der Waals surface area contributed by atoms with Gasteiger partial charge in [0.25, 0.3) is 0 Å². The van der Waals surface area contributed by atoms with E-state index in [1.807, 2.05) is 30.3 Å². The van der Waals surface area contributed by atoms with E-state index in [4.69, 9.17) is 9.84 Å². The van der Waals surface area contributed by atoms with Crippen LogP contribution in [-0.4, -0.2) is 55.5 Å². The topological polar surface area (TPSA) is 117 Å². The van der Waals surface area contributed by atoms with Crippen molar-refractivity contribution >= 4 is 43.8 Å². The van der Waals surface area contributed by atoms with Crippen molar-refractivity contribution in [3.63, 3.8) is 0 Å². The van der Waals surface area contributed by atoms with Gasteiger partial charge in [0.2, 0.25) is 10.0 Å². The number of anilines is 4. The molecule has 3 N–H and O–H groups in total. The van der Waals surface area contributed by atoms with Gasteiger partial charge in [-0.2, -0.15) is 0 Å². The predicted octanol–water partition coefficient (Wildman–Crippen LogP) is 4.28. The molecule has 1 spiro atoms. The van der Waals surface area contributed by atoms with E-state index in [2.05, 4.69) is 31.8 Å². The summed E-state index contributed by atoms with van der Waals surface area (Å²) in [5.74, 6) is 1.07. The predicted molar refractivity (Wildman–Crippen MR) is 143 cm³/mol. The quantitative estimate of drug-likeness (QED) is 0.369. The smallest absolute Gasteiger partial charge is 0.234 e. The van der Waals surface area contributed by atoms with Crippen LogP contribution in [0.2, 0.25) is 0 Å². The first-order valence-corrected chi connectivity index (χ1v) is 14.2. The van der Waals surface area contributed by atoms with Gasteiger partial charge in [-0.05, 0) is 61.8 Å². The van der Waals surface area contributed by atoms with Gasteiger partial charge in [-0.15, -0.1) is 0 Å². The van der Waals surface area contributed by atoms with Crippen molar-refractivity contribution in [2.45, 2.75) is 39.0 Å². The largest absolute Gasteiger partial charge is 0.494 e. The number of fused-ring (bicyclic) bond motifs is 1. The lowest BCUT2D eigenvalue weighted by atomic mass is 9.93. The maximum absolute atomic E-state index is 12.4. The second-order valence-electron chi connectivity index (χ2n) is 9.74. The van der Waals surface area contributed by atoms with Crippen LogP contribution in [0.25, 0.3) is 10.9 Å². The number of nitrogens with one attached hydrogen (secondary N) is 2. The molecule has 1 aliphatic heterocycles. The van der Waals surface area contributed by atoms with Crippen LogP contribution in [0.1, 0.15) is 39.0 Å². The number of aliphatic hydroxyl groups is 1. The molecule has 2 fully saturated rings. The number of aliphatic hydroxyl groups excluding tert-OH is 1. The molecule has 5 rings (SSSR count). The minimum Gasteiger partial charge on any atom is -0.494 e. The summed E-state index contributed by atoms with van der Waals surface area (Å²) < 4.78 is 33.2. The molecule has 3 aromatic rings. The number of sulfonamides is 1. The van der Waals surface area contributed by atoms with Crippen molar-refractivity contribution in [1.82, 2.24) is 9.97 Å². The molecule has 1 saturated heterocycles. The van der Waals surface area contributed by atoms with Gasteiger partial charge >= 0.3 is 0 Å². The van der Waals surface area contributed by atoms with E-state index in [1.54, 1.807) is 6.07 Å². The number of benzene rings is 2. The number of rotatable bonds is 10. The Morgan fingerprint density at radius 3 is 2.61 bits per heavy atom. The molecule has 0 radical (unpaired) electrons. The fourth-order valence-electron chi connectivity index (χ4n) is 4.84. The lowest BCUT2D eigenvalue weighted by molar-refractivity contribution is 0.317. The summed E-state index contributed by atoms with van der Waals surface area (Å²) in [6, 6.07) is 11.3. The Kier molecular flexibility index (Phi) is 6.90. The molecule has 1 saturated carbocycles. The Morgan fingerprint density at radius 1 is 1.08 bits per heavy atom. The highest BCUT2D eigenvalue weighted by Crippen LogP contribution is 2.54. The zero-order chi connectivity index (χ0) is 25.2. The summed E-state index contributed by atoms with van der Waals surface area (Å²) in [7, 11) is -3.67. The van der Waals surface area contributed by atoms with Gasteiger partial charge in [0.15, 0.2) is 0 Å². The Labute approximate surface area is 212 Å². The Hall–Kier alpha value is -3.11. The summed E-state index contributed by atoms with van der Waals surface area (Å²) >= 11 is 0. The molecular weight excluding hydrogens is 478 g/mol. The molecule has 0 unspecified atom stereocenters. The molecule has 1 aromatic heterocycles. The summed E-state index contributed by atoms with van der Waals surface area (Å²) in [5.41, 5.74) is 3.31. The van der Waals surface area contributed by atoms with Gasteiger partial charge in [0, 0.05) is 24.8 Å². The van der Waals surface area contributed by atoms with E-state index in [0.717, 1.165) is 54.9 Å². The van der Waals surface area contributed by atoms with Crippen molar-refractivity contribution in [1.29, 1.82) is 0 Å². The lowest BCUT2D eigenvalue weighted by Crippen LogP contribution is -2.34. The molecule has 1 aliphatic carbocycles. The second-order valence-corrected chi connectivity index (χ2v) is 11.6. The first-order valence-electron chi connectivity index (χ1n) is 12.6. The molecular formula is C26H33N5O4S. The van der Waals surface area contributed by atoms with Crippen molar-refractivity contribution < 1.29 is 18.3 Å². The first-order chi connectivity index (χ1) is 17.4. The van der Waals surface area contributed by atoms with Crippen LogP contribution in [-0.2, 0) is 10.0 Å². The van der Waals surface area contributed by atoms with Crippen LogP contribution in [0.4, 0.5) is 22.9 Å². The van der Waals surface area contributed by atoms with E-state index >= 15 is 0 Å². The lowest BCUT2D eigenvalue weighted by Gasteiger charge is -2.35. The van der Waals surface area contributed by atoms with Gasteiger partial charge in [0.05, 0.1) is 41.2 Å². The van der Waals surface area contributed by atoms with Gasteiger partial charge < -0.3 is 20.1 Å². The van der Waals surface area contributed by atoms with E-state index in [-0.39, 0.29) is 5.75 Å². The molecule has 192 valence electrons. The van der Waals surface area contributed by atoms with E-state index in [1.165, 1.54) is 19.2 Å². The van der Waals surface area contributed by atoms with Crippen LogP contribution < -0.4 is 19.7 Å². The van der Waals surface area contributed by atoms with Crippen LogP contribution in [0, 0.1) is 5.41 Å². The van der Waals surface area contributed by atoms with Gasteiger partial charge in [-0.3, -0.25) is 4.72 Å². The first kappa shape index (κ1) is 24.6. The Morgan fingerprint density at radius 2 is 1.89 bits per heavy atom. The molecule has 0 amide bonds. The van der Waals surface area contributed by atoms with E-state index in [0.29, 0.717) is 29.0 Å². The fraction of sp³-hybridized carbons (Fsp3) is 0.462. The summed E-state index contributed by atoms with van der Waals surface area (Å²) in [6.45, 7) is 4.07. The van der Waals surface area contributed by atoms with Crippen molar-refractivity contribution in [3.8, 4) is 5.75 Å². The van der Waals surface area contributed by atoms with Crippen molar-refractivity contribution in [2.75, 3.05) is 47.0 Å². The number of aromatic nitrogens is 2. The van der Waals surface area contributed by atoms with Crippen molar-refractivity contribution in [2.24, 2.45) is 5.41 Å². The maximum atomic E-state index is 12.4. The zero-order valence-electron chi connectivity index (χ0n) is 20.5. The Bertz CT molecular complexity index is 1330. The highest BCUT2D eigenvalue weighted by atomic mass is 32.2. The number of nitrogens with zero attached hydrogens (tertiary/aromatic N) is 3. The number of ether oxygens (including phenoxy) is 1. The minimum atomic E-state index is -3.67. The average Bonchev–Trinajstić information content (AvgIpc) is 3.61. The third-order valence-corrected chi connectivity index (χ3v) is 8.31. The number of piperidine rings is 1. The molecule has 10 heteroatoms. The maximum Gasteiger partial charge on any atom is 0.234 e. The third-order valence-electron chi connectivity index (χ3n) is 7.04. The zero-order valence-corrected chi connectivity index (χ0v) is 21.4. The van der Waals surface area contributed by atoms with Gasteiger partial charge in [0.1, 0.15) is 17.9 Å². The minimum absolute atomic E-state index is 0.361. The fourth-order valence-corrected chi connectivity index (χ4v) is 5.66. The molecule has 0 bridgehead atoms. The summed E-state index contributed by atoms with van der Waals surface area (Å²) in [5, 5.41) is 13.4. The van der Waals surface area contributed by atoms with Gasteiger partial charge in [-0.25, -0.2) is 18.4 Å². The number of hydrogen-bond donors (Lipinski definition) is 3. The normalized spacial score (nSPS) is 16.8. The second kappa shape index (κ2) is 10.1. The molecule has 2 heterocycles. The summed E-state index contributed by atoms with van der Waals surface area (Å²) in [6.07, 6.45) is 7.26. The van der Waals surface area contributed by atoms with Crippen molar-refractivity contribution in [3.05, 3.63) is 42.7 Å². The molecule has 0 atom stereocenters. The number of hydrogen-bond acceptors (Lipinski definition) is 8. The van der Waals surface area contributed by atoms with E-state index < -0.39 is 16.6 Å². The SMILES string of the molecule is CCCOc1cccc(Nc2ncnc3cc(NS(=O)(=O)CCO)cc(N4CCC5(CC4)CC5)c23)c1. The standard InChI is InChI=1S/C26H33N5O4S/c1-2-13-35-21-5-3-4-19(15-21)29-25-24-22(27-18-28-25)16-20(30-36(33,34)14-12-32)17-23(24)31-10-8-26(6-7-26)9-11-31/h3-5,15-18,30,32H,2,6-14H2,1H3,(H,27,28,29). The molecule has 2 aliphatic rings. The van der Waals surface area contributed by atoms with Gasteiger partial charge in [-0.1, -0.05) is 13.0 Å². The van der Waals surface area contributed by atoms with Crippen LogP contribution in [0.15, 0.2) is 42.7 Å². The van der Waals surface area contributed by atoms with Crippen LogP contribution in [0.3, 0.4) is 0 Å². The summed E-state index contributed by atoms with van der Waals surface area (Å²) in [4.78, 5) is 11.4. The Balaban J connectivity index is 1.53. The highest BCUT2D eigenvalue weighted by molar-refractivity contribution is 7.92. The average molecular weight is 512 g/mol.